The van der Waals surface area contributed by atoms with Gasteiger partial charge < -0.3 is 16.0 Å². The lowest BCUT2D eigenvalue weighted by molar-refractivity contribution is -0.114. The van der Waals surface area contributed by atoms with Crippen LogP contribution in [-0.4, -0.2) is 24.3 Å². The maximum absolute atomic E-state index is 12.4. The SMILES string of the molecule is CCCNC(=O)c1cccc(C(=O)Nc2cccc(NC(C)=O)c2)c1. The average molecular weight is 339 g/mol. The molecule has 0 aliphatic rings. The third kappa shape index (κ3) is 5.46. The number of hydrogen-bond acceptors (Lipinski definition) is 3. The van der Waals surface area contributed by atoms with Crippen molar-refractivity contribution in [3.8, 4) is 0 Å². The van der Waals surface area contributed by atoms with Gasteiger partial charge in [0.1, 0.15) is 0 Å². The summed E-state index contributed by atoms with van der Waals surface area (Å²) in [6.07, 6.45) is 0.844. The Bertz CT molecular complexity index is 787. The number of hydrogen-bond donors (Lipinski definition) is 3. The van der Waals surface area contributed by atoms with Gasteiger partial charge in [-0.1, -0.05) is 19.1 Å². The maximum atomic E-state index is 12.4. The van der Waals surface area contributed by atoms with Crippen LogP contribution in [-0.2, 0) is 4.79 Å². The highest BCUT2D eigenvalue weighted by molar-refractivity contribution is 6.06. The van der Waals surface area contributed by atoms with Crippen molar-refractivity contribution in [2.75, 3.05) is 17.2 Å². The van der Waals surface area contributed by atoms with Gasteiger partial charge in [-0.15, -0.1) is 0 Å². The van der Waals surface area contributed by atoms with E-state index in [1.165, 1.54) is 6.92 Å². The zero-order valence-corrected chi connectivity index (χ0v) is 14.3. The predicted molar refractivity (Wildman–Crippen MR) is 97.8 cm³/mol. The summed E-state index contributed by atoms with van der Waals surface area (Å²) in [5.41, 5.74) is 1.97. The molecule has 6 nitrogen and oxygen atoms in total. The monoisotopic (exact) mass is 339 g/mol. The van der Waals surface area contributed by atoms with E-state index in [1.54, 1.807) is 48.5 Å². The highest BCUT2D eigenvalue weighted by atomic mass is 16.2. The zero-order valence-electron chi connectivity index (χ0n) is 14.3. The van der Waals surface area contributed by atoms with Crippen LogP contribution in [0.5, 0.6) is 0 Å². The molecule has 0 heterocycles. The van der Waals surface area contributed by atoms with Gasteiger partial charge in [0, 0.05) is 36.0 Å². The number of anilines is 2. The summed E-state index contributed by atoms with van der Waals surface area (Å²) >= 11 is 0. The molecule has 2 aromatic rings. The Hall–Kier alpha value is -3.15. The van der Waals surface area contributed by atoms with Crippen LogP contribution in [0.1, 0.15) is 41.0 Å². The lowest BCUT2D eigenvalue weighted by Gasteiger charge is -2.09. The van der Waals surface area contributed by atoms with Crippen LogP contribution in [0.3, 0.4) is 0 Å². The molecule has 0 aliphatic carbocycles. The largest absolute Gasteiger partial charge is 0.352 e. The molecule has 0 saturated heterocycles. The van der Waals surface area contributed by atoms with Crippen LogP contribution < -0.4 is 16.0 Å². The van der Waals surface area contributed by atoms with Gasteiger partial charge in [-0.05, 0) is 42.8 Å². The zero-order chi connectivity index (χ0) is 18.2. The van der Waals surface area contributed by atoms with Gasteiger partial charge in [0.15, 0.2) is 0 Å². The molecule has 0 saturated carbocycles. The maximum Gasteiger partial charge on any atom is 0.255 e. The summed E-state index contributed by atoms with van der Waals surface area (Å²) in [6.45, 7) is 3.98. The first-order chi connectivity index (χ1) is 12.0. The second-order valence-electron chi connectivity index (χ2n) is 5.55. The Morgan fingerprint density at radius 2 is 1.44 bits per heavy atom. The molecule has 0 spiro atoms. The summed E-state index contributed by atoms with van der Waals surface area (Å²) in [4.78, 5) is 35.5. The van der Waals surface area contributed by atoms with Gasteiger partial charge in [0.2, 0.25) is 5.91 Å². The minimum absolute atomic E-state index is 0.186. The van der Waals surface area contributed by atoms with Crippen molar-refractivity contribution in [3.05, 3.63) is 59.7 Å². The molecule has 3 N–H and O–H groups in total. The van der Waals surface area contributed by atoms with Crippen molar-refractivity contribution in [3.63, 3.8) is 0 Å². The first kappa shape index (κ1) is 18.2. The number of rotatable bonds is 6. The lowest BCUT2D eigenvalue weighted by Crippen LogP contribution is -2.24. The number of carbonyl (C=O) groups excluding carboxylic acids is 3. The average Bonchev–Trinajstić information content (AvgIpc) is 2.59. The summed E-state index contributed by atoms with van der Waals surface area (Å²) in [5.74, 6) is -0.719. The Balaban J connectivity index is 2.10. The smallest absolute Gasteiger partial charge is 0.255 e. The van der Waals surface area contributed by atoms with Crippen LogP contribution in [0.2, 0.25) is 0 Å². The Kier molecular flexibility index (Phi) is 6.28. The standard InChI is InChI=1S/C19H21N3O3/c1-3-10-20-18(24)14-6-4-7-15(11-14)19(25)22-17-9-5-8-16(12-17)21-13(2)23/h4-9,11-12H,3,10H2,1-2H3,(H,20,24)(H,21,23)(H,22,25). The van der Waals surface area contributed by atoms with Gasteiger partial charge >= 0.3 is 0 Å². The fraction of sp³-hybridized carbons (Fsp3) is 0.211. The van der Waals surface area contributed by atoms with Crippen molar-refractivity contribution in [1.82, 2.24) is 5.32 Å². The molecular formula is C19H21N3O3. The molecule has 25 heavy (non-hydrogen) atoms. The van der Waals surface area contributed by atoms with E-state index in [0.717, 1.165) is 6.42 Å². The number of benzene rings is 2. The van der Waals surface area contributed by atoms with E-state index in [9.17, 15) is 14.4 Å². The summed E-state index contributed by atoms with van der Waals surface area (Å²) < 4.78 is 0. The minimum atomic E-state index is -0.329. The molecular weight excluding hydrogens is 318 g/mol. The van der Waals surface area contributed by atoms with Crippen LogP contribution >= 0.6 is 0 Å². The van der Waals surface area contributed by atoms with E-state index < -0.39 is 0 Å². The van der Waals surface area contributed by atoms with Crippen LogP contribution in [0.4, 0.5) is 11.4 Å². The van der Waals surface area contributed by atoms with E-state index in [1.807, 2.05) is 6.92 Å². The van der Waals surface area contributed by atoms with Crippen molar-refractivity contribution >= 4 is 29.1 Å². The van der Waals surface area contributed by atoms with Crippen LogP contribution in [0.15, 0.2) is 48.5 Å². The summed E-state index contributed by atoms with van der Waals surface area (Å²) in [5, 5.41) is 8.20. The van der Waals surface area contributed by atoms with Crippen molar-refractivity contribution in [1.29, 1.82) is 0 Å². The Labute approximate surface area is 146 Å². The molecule has 2 aromatic carbocycles. The van der Waals surface area contributed by atoms with Gasteiger partial charge in [-0.2, -0.15) is 0 Å². The molecule has 2 rings (SSSR count). The van der Waals surface area contributed by atoms with Gasteiger partial charge in [-0.3, -0.25) is 14.4 Å². The fourth-order valence-corrected chi connectivity index (χ4v) is 2.22. The van der Waals surface area contributed by atoms with Crippen molar-refractivity contribution in [2.45, 2.75) is 20.3 Å². The molecule has 3 amide bonds. The molecule has 0 aromatic heterocycles. The highest BCUT2D eigenvalue weighted by Crippen LogP contribution is 2.16. The summed E-state index contributed by atoms with van der Waals surface area (Å²) in [7, 11) is 0. The molecule has 0 aliphatic heterocycles. The van der Waals surface area contributed by atoms with Gasteiger partial charge in [-0.25, -0.2) is 0 Å². The quantitative estimate of drug-likeness (QED) is 0.756. The van der Waals surface area contributed by atoms with E-state index in [-0.39, 0.29) is 17.7 Å². The molecule has 0 bridgehead atoms. The number of nitrogens with one attached hydrogen (secondary N) is 3. The lowest BCUT2D eigenvalue weighted by atomic mass is 10.1. The first-order valence-electron chi connectivity index (χ1n) is 8.07. The minimum Gasteiger partial charge on any atom is -0.352 e. The van der Waals surface area contributed by atoms with Crippen molar-refractivity contribution < 1.29 is 14.4 Å². The van der Waals surface area contributed by atoms with E-state index >= 15 is 0 Å². The first-order valence-corrected chi connectivity index (χ1v) is 8.07. The van der Waals surface area contributed by atoms with E-state index in [2.05, 4.69) is 16.0 Å². The molecule has 0 radical (unpaired) electrons. The van der Waals surface area contributed by atoms with Gasteiger partial charge in [0.05, 0.1) is 0 Å². The molecule has 0 unspecified atom stereocenters. The third-order valence-corrected chi connectivity index (χ3v) is 3.36. The summed E-state index contributed by atoms with van der Waals surface area (Å²) in [6, 6.07) is 13.4. The van der Waals surface area contributed by atoms with Crippen LogP contribution in [0, 0.1) is 0 Å². The van der Waals surface area contributed by atoms with E-state index in [4.69, 9.17) is 0 Å². The molecule has 0 atom stereocenters. The third-order valence-electron chi connectivity index (χ3n) is 3.36. The topological polar surface area (TPSA) is 87.3 Å². The highest BCUT2D eigenvalue weighted by Gasteiger charge is 2.11. The fourth-order valence-electron chi connectivity index (χ4n) is 2.22. The normalized spacial score (nSPS) is 10.0. The number of carbonyl (C=O) groups is 3. The Morgan fingerprint density at radius 1 is 0.840 bits per heavy atom. The molecule has 6 heteroatoms. The van der Waals surface area contributed by atoms with Gasteiger partial charge in [0.25, 0.3) is 11.8 Å². The second-order valence-corrected chi connectivity index (χ2v) is 5.55. The molecule has 130 valence electrons. The van der Waals surface area contributed by atoms with Crippen LogP contribution in [0.25, 0.3) is 0 Å². The predicted octanol–water partition coefficient (Wildman–Crippen LogP) is 3.04. The Morgan fingerprint density at radius 3 is 2.08 bits per heavy atom. The van der Waals surface area contributed by atoms with Crippen molar-refractivity contribution in [2.24, 2.45) is 0 Å². The van der Waals surface area contributed by atoms with E-state index in [0.29, 0.717) is 29.0 Å². The number of amides is 3. The molecule has 0 fully saturated rings. The second kappa shape index (κ2) is 8.63.